The number of nitrogens with zero attached hydrogens (tertiary/aromatic N) is 2. The molecule has 0 bridgehead atoms. The Hall–Kier alpha value is -1.32. The van der Waals surface area contributed by atoms with Crippen LogP contribution >= 0.6 is 0 Å². The second kappa shape index (κ2) is 5.42. The van der Waals surface area contributed by atoms with E-state index in [1.165, 1.54) is 0 Å². The van der Waals surface area contributed by atoms with Gasteiger partial charge in [-0.3, -0.25) is 9.48 Å². The smallest absolute Gasteiger partial charge is 0.303 e. The summed E-state index contributed by atoms with van der Waals surface area (Å²) in [6, 6.07) is 1.97. The van der Waals surface area contributed by atoms with E-state index < -0.39 is 5.97 Å². The van der Waals surface area contributed by atoms with E-state index in [-0.39, 0.29) is 6.42 Å². The van der Waals surface area contributed by atoms with Crippen molar-refractivity contribution < 1.29 is 9.90 Å². The van der Waals surface area contributed by atoms with Gasteiger partial charge < -0.3 is 5.11 Å². The first-order chi connectivity index (χ1) is 6.68. The average molecular weight is 196 g/mol. The number of unbranched alkanes of at least 4 members (excludes halogenated alkanes) is 2. The number of rotatable bonds is 6. The van der Waals surface area contributed by atoms with Gasteiger partial charge in [-0.15, -0.1) is 0 Å². The normalized spacial score (nSPS) is 10.4. The summed E-state index contributed by atoms with van der Waals surface area (Å²) in [7, 11) is 0. The van der Waals surface area contributed by atoms with Crippen LogP contribution in [0.5, 0.6) is 0 Å². The number of hydrogen-bond acceptors (Lipinski definition) is 2. The van der Waals surface area contributed by atoms with Crippen LogP contribution in [-0.4, -0.2) is 20.9 Å². The van der Waals surface area contributed by atoms with E-state index in [2.05, 4.69) is 5.10 Å². The molecule has 0 aliphatic rings. The maximum absolute atomic E-state index is 10.2. The summed E-state index contributed by atoms with van der Waals surface area (Å²) in [5.41, 5.74) is 1.02. The van der Waals surface area contributed by atoms with Crippen molar-refractivity contribution in [2.75, 3.05) is 0 Å². The van der Waals surface area contributed by atoms with Crippen molar-refractivity contribution in [1.29, 1.82) is 0 Å². The third-order valence-electron chi connectivity index (χ3n) is 2.05. The predicted octanol–water partition coefficient (Wildman–Crippen LogP) is 1.84. The minimum Gasteiger partial charge on any atom is -0.481 e. The number of aliphatic carboxylic acids is 1. The van der Waals surface area contributed by atoms with Crippen molar-refractivity contribution in [2.45, 2.75) is 39.2 Å². The summed E-state index contributed by atoms with van der Waals surface area (Å²) in [6.45, 7) is 2.84. The molecule has 14 heavy (non-hydrogen) atoms. The van der Waals surface area contributed by atoms with Crippen molar-refractivity contribution in [1.82, 2.24) is 9.78 Å². The van der Waals surface area contributed by atoms with Crippen molar-refractivity contribution >= 4 is 5.97 Å². The lowest BCUT2D eigenvalue weighted by atomic mass is 10.2. The average Bonchev–Trinajstić information content (AvgIpc) is 2.50. The van der Waals surface area contributed by atoms with Crippen LogP contribution in [0.1, 0.15) is 31.4 Å². The van der Waals surface area contributed by atoms with Crippen molar-refractivity contribution in [3.63, 3.8) is 0 Å². The fourth-order valence-corrected chi connectivity index (χ4v) is 1.31. The molecule has 1 N–H and O–H groups in total. The zero-order valence-electron chi connectivity index (χ0n) is 8.44. The van der Waals surface area contributed by atoms with Gasteiger partial charge in [-0.05, 0) is 25.8 Å². The van der Waals surface area contributed by atoms with E-state index in [0.29, 0.717) is 0 Å². The van der Waals surface area contributed by atoms with Crippen molar-refractivity contribution in [3.8, 4) is 0 Å². The predicted molar refractivity (Wildman–Crippen MR) is 53.1 cm³/mol. The first-order valence-electron chi connectivity index (χ1n) is 4.90. The molecule has 0 atom stereocenters. The minimum absolute atomic E-state index is 0.276. The third-order valence-corrected chi connectivity index (χ3v) is 2.05. The first-order valence-corrected chi connectivity index (χ1v) is 4.90. The number of carboxylic acid groups (broad SMARTS) is 1. The Labute approximate surface area is 83.5 Å². The lowest BCUT2D eigenvalue weighted by Crippen LogP contribution is -2.00. The molecular weight excluding hydrogens is 180 g/mol. The second-order valence-electron chi connectivity index (χ2n) is 3.42. The van der Waals surface area contributed by atoms with Crippen LogP contribution in [0.3, 0.4) is 0 Å². The molecule has 1 rings (SSSR count). The van der Waals surface area contributed by atoms with Gasteiger partial charge in [0, 0.05) is 19.2 Å². The summed E-state index contributed by atoms with van der Waals surface area (Å²) >= 11 is 0. The molecule has 1 aromatic rings. The SMILES string of the molecule is Cc1ccn(CCCCCC(=O)O)n1. The van der Waals surface area contributed by atoms with Gasteiger partial charge in [0.25, 0.3) is 0 Å². The molecule has 0 fully saturated rings. The first kappa shape index (κ1) is 10.8. The van der Waals surface area contributed by atoms with Crippen LogP contribution in [0.25, 0.3) is 0 Å². The molecule has 78 valence electrons. The number of aromatic nitrogens is 2. The number of carbonyl (C=O) groups is 1. The Morgan fingerprint density at radius 1 is 1.50 bits per heavy atom. The van der Waals surface area contributed by atoms with Gasteiger partial charge >= 0.3 is 5.97 Å². The number of hydrogen-bond donors (Lipinski definition) is 1. The molecule has 0 radical (unpaired) electrons. The van der Waals surface area contributed by atoms with E-state index in [1.54, 1.807) is 0 Å². The topological polar surface area (TPSA) is 55.1 Å². The molecule has 4 nitrogen and oxygen atoms in total. The van der Waals surface area contributed by atoms with Crippen LogP contribution in [0.4, 0.5) is 0 Å². The second-order valence-corrected chi connectivity index (χ2v) is 3.42. The highest BCUT2D eigenvalue weighted by atomic mass is 16.4. The van der Waals surface area contributed by atoms with E-state index in [1.807, 2.05) is 23.9 Å². The van der Waals surface area contributed by atoms with Gasteiger partial charge in [-0.25, -0.2) is 0 Å². The van der Waals surface area contributed by atoms with E-state index in [0.717, 1.165) is 31.5 Å². The van der Waals surface area contributed by atoms with E-state index in [4.69, 9.17) is 5.11 Å². The lowest BCUT2D eigenvalue weighted by molar-refractivity contribution is -0.137. The molecule has 0 spiro atoms. The molecule has 0 aromatic carbocycles. The van der Waals surface area contributed by atoms with Crippen molar-refractivity contribution in [2.24, 2.45) is 0 Å². The van der Waals surface area contributed by atoms with Crippen molar-refractivity contribution in [3.05, 3.63) is 18.0 Å². The van der Waals surface area contributed by atoms with Crippen LogP contribution in [-0.2, 0) is 11.3 Å². The Morgan fingerprint density at radius 2 is 2.29 bits per heavy atom. The molecule has 0 aliphatic carbocycles. The Balaban J connectivity index is 2.07. The van der Waals surface area contributed by atoms with Gasteiger partial charge in [-0.1, -0.05) is 6.42 Å². The monoisotopic (exact) mass is 196 g/mol. The number of carboxylic acids is 1. The molecule has 0 amide bonds. The maximum atomic E-state index is 10.2. The van der Waals surface area contributed by atoms with Crippen LogP contribution in [0, 0.1) is 6.92 Å². The Kier molecular flexibility index (Phi) is 4.16. The van der Waals surface area contributed by atoms with E-state index >= 15 is 0 Å². The van der Waals surface area contributed by atoms with E-state index in [9.17, 15) is 4.79 Å². The Bertz CT molecular complexity index is 294. The molecule has 0 aliphatic heterocycles. The summed E-state index contributed by atoms with van der Waals surface area (Å²) in [5, 5.41) is 12.7. The third kappa shape index (κ3) is 4.07. The molecule has 1 aromatic heterocycles. The number of aryl methyl sites for hydroxylation is 2. The quantitative estimate of drug-likeness (QED) is 0.706. The molecule has 1 heterocycles. The fourth-order valence-electron chi connectivity index (χ4n) is 1.31. The zero-order chi connectivity index (χ0) is 10.4. The van der Waals surface area contributed by atoms with Gasteiger partial charge in [0.15, 0.2) is 0 Å². The highest BCUT2D eigenvalue weighted by Crippen LogP contribution is 2.02. The molecule has 0 saturated heterocycles. The summed E-state index contributed by atoms with van der Waals surface area (Å²) in [4.78, 5) is 10.2. The highest BCUT2D eigenvalue weighted by molar-refractivity contribution is 5.66. The molecule has 0 saturated carbocycles. The largest absolute Gasteiger partial charge is 0.481 e. The maximum Gasteiger partial charge on any atom is 0.303 e. The molecular formula is C10H16N2O2. The van der Waals surface area contributed by atoms with Gasteiger partial charge in [-0.2, -0.15) is 5.10 Å². The Morgan fingerprint density at radius 3 is 2.86 bits per heavy atom. The minimum atomic E-state index is -0.708. The highest BCUT2D eigenvalue weighted by Gasteiger charge is 1.97. The van der Waals surface area contributed by atoms with Crippen LogP contribution in [0.15, 0.2) is 12.3 Å². The van der Waals surface area contributed by atoms with Gasteiger partial charge in [0.2, 0.25) is 0 Å². The summed E-state index contributed by atoms with van der Waals surface area (Å²) < 4.78 is 1.90. The standard InChI is InChI=1S/C10H16N2O2/c1-9-6-8-12(11-9)7-4-2-3-5-10(13)14/h6,8H,2-5,7H2,1H3,(H,13,14). The lowest BCUT2D eigenvalue weighted by Gasteiger charge is -2.00. The molecule has 4 heteroatoms. The van der Waals surface area contributed by atoms with Crippen LogP contribution in [0.2, 0.25) is 0 Å². The zero-order valence-corrected chi connectivity index (χ0v) is 8.44. The van der Waals surface area contributed by atoms with Gasteiger partial charge in [0.05, 0.1) is 5.69 Å². The fraction of sp³-hybridized carbons (Fsp3) is 0.600. The van der Waals surface area contributed by atoms with Crippen LogP contribution < -0.4 is 0 Å². The summed E-state index contributed by atoms with van der Waals surface area (Å²) in [6.07, 6.45) is 4.93. The summed E-state index contributed by atoms with van der Waals surface area (Å²) in [5.74, 6) is -0.708. The van der Waals surface area contributed by atoms with Gasteiger partial charge in [0.1, 0.15) is 0 Å². The molecule has 0 unspecified atom stereocenters.